The highest BCUT2D eigenvalue weighted by Gasteiger charge is 2.22. The fourth-order valence-corrected chi connectivity index (χ4v) is 2.17. The second-order valence-corrected chi connectivity index (χ2v) is 5.31. The molecule has 1 amide bonds. The Labute approximate surface area is 119 Å². The molecule has 0 bridgehead atoms. The van der Waals surface area contributed by atoms with Gasteiger partial charge in [0.1, 0.15) is 11.3 Å². The predicted octanol–water partition coefficient (Wildman–Crippen LogP) is 3.69. The van der Waals surface area contributed by atoms with Crippen LogP contribution in [0, 0.1) is 13.8 Å². The van der Waals surface area contributed by atoms with Gasteiger partial charge < -0.3 is 9.42 Å². The van der Waals surface area contributed by atoms with E-state index in [0.717, 1.165) is 5.69 Å². The van der Waals surface area contributed by atoms with E-state index in [1.165, 1.54) is 5.56 Å². The molecule has 2 rings (SSSR count). The van der Waals surface area contributed by atoms with Crippen LogP contribution in [-0.4, -0.2) is 18.1 Å². The second-order valence-electron chi connectivity index (χ2n) is 5.31. The summed E-state index contributed by atoms with van der Waals surface area (Å²) in [5.74, 6) is 0.888. The van der Waals surface area contributed by atoms with Gasteiger partial charge in [0, 0.05) is 12.7 Å². The molecular formula is C16H20N2O2. The maximum absolute atomic E-state index is 12.6. The van der Waals surface area contributed by atoms with Crippen molar-refractivity contribution in [3.05, 3.63) is 46.8 Å². The summed E-state index contributed by atoms with van der Waals surface area (Å²) in [6.45, 7) is 7.80. The van der Waals surface area contributed by atoms with Gasteiger partial charge >= 0.3 is 0 Å². The molecule has 0 aliphatic rings. The van der Waals surface area contributed by atoms with Gasteiger partial charge in [0.15, 0.2) is 0 Å². The summed E-state index contributed by atoms with van der Waals surface area (Å²) in [6, 6.07) is 8.02. The molecule has 0 saturated heterocycles. The van der Waals surface area contributed by atoms with Gasteiger partial charge in [0.05, 0.1) is 5.69 Å². The van der Waals surface area contributed by atoms with Crippen molar-refractivity contribution in [2.75, 3.05) is 11.9 Å². The first-order valence-electron chi connectivity index (χ1n) is 6.72. The van der Waals surface area contributed by atoms with E-state index in [9.17, 15) is 4.79 Å². The largest absolute Gasteiger partial charge is 0.361 e. The van der Waals surface area contributed by atoms with Crippen LogP contribution in [0.25, 0.3) is 0 Å². The smallest absolute Gasteiger partial charge is 0.263 e. The zero-order valence-electron chi connectivity index (χ0n) is 12.6. The van der Waals surface area contributed by atoms with E-state index in [0.29, 0.717) is 22.9 Å². The quantitative estimate of drug-likeness (QED) is 0.856. The molecule has 0 fully saturated rings. The summed E-state index contributed by atoms with van der Waals surface area (Å²) < 4.78 is 5.07. The number of rotatable bonds is 3. The Morgan fingerprint density at radius 3 is 2.55 bits per heavy atom. The fraction of sp³-hybridized carbons (Fsp3) is 0.375. The lowest BCUT2D eigenvalue weighted by Crippen LogP contribution is -2.27. The Balaban J connectivity index is 2.34. The van der Waals surface area contributed by atoms with Gasteiger partial charge in [-0.15, -0.1) is 0 Å². The maximum Gasteiger partial charge on any atom is 0.263 e. The van der Waals surface area contributed by atoms with Gasteiger partial charge in [-0.1, -0.05) is 31.1 Å². The van der Waals surface area contributed by atoms with Gasteiger partial charge in [-0.2, -0.15) is 0 Å². The number of aromatic nitrogens is 1. The third-order valence-corrected chi connectivity index (χ3v) is 3.48. The molecule has 0 aliphatic carbocycles. The van der Waals surface area contributed by atoms with Crippen molar-refractivity contribution in [2.45, 2.75) is 33.6 Å². The van der Waals surface area contributed by atoms with Gasteiger partial charge in [0.2, 0.25) is 0 Å². The molecule has 0 unspecified atom stereocenters. The summed E-state index contributed by atoms with van der Waals surface area (Å²) in [7, 11) is 1.77. The first-order valence-corrected chi connectivity index (χ1v) is 6.72. The minimum atomic E-state index is -0.0952. The summed E-state index contributed by atoms with van der Waals surface area (Å²) in [4.78, 5) is 14.2. The van der Waals surface area contributed by atoms with E-state index in [1.54, 1.807) is 25.8 Å². The summed E-state index contributed by atoms with van der Waals surface area (Å²) >= 11 is 0. The molecule has 0 atom stereocenters. The standard InChI is InChI=1S/C16H20N2O2/c1-10(2)13-7-6-8-14(9-13)18(5)16(19)15-11(3)17-20-12(15)4/h6-10H,1-5H3. The highest BCUT2D eigenvalue weighted by molar-refractivity contribution is 6.07. The van der Waals surface area contributed by atoms with Crippen molar-refractivity contribution < 1.29 is 9.32 Å². The lowest BCUT2D eigenvalue weighted by Gasteiger charge is -2.18. The number of anilines is 1. The van der Waals surface area contributed by atoms with E-state index in [-0.39, 0.29) is 5.91 Å². The molecule has 0 N–H and O–H groups in total. The monoisotopic (exact) mass is 272 g/mol. The SMILES string of the molecule is Cc1noc(C)c1C(=O)N(C)c1cccc(C(C)C)c1. The predicted molar refractivity (Wildman–Crippen MR) is 79.2 cm³/mol. The van der Waals surface area contributed by atoms with Crippen molar-refractivity contribution in [1.29, 1.82) is 0 Å². The molecule has 0 radical (unpaired) electrons. The van der Waals surface area contributed by atoms with E-state index < -0.39 is 0 Å². The summed E-state index contributed by atoms with van der Waals surface area (Å²) in [5.41, 5.74) is 3.25. The highest BCUT2D eigenvalue weighted by atomic mass is 16.5. The van der Waals surface area contributed by atoms with Crippen LogP contribution in [0.4, 0.5) is 5.69 Å². The number of hydrogen-bond acceptors (Lipinski definition) is 3. The Kier molecular flexibility index (Phi) is 3.93. The number of aryl methyl sites for hydroxylation is 2. The van der Waals surface area contributed by atoms with Gasteiger partial charge in [-0.25, -0.2) is 0 Å². The Bertz CT molecular complexity index is 610. The van der Waals surface area contributed by atoms with Crippen molar-refractivity contribution in [3.63, 3.8) is 0 Å². The number of nitrogens with zero attached hydrogens (tertiary/aromatic N) is 2. The van der Waals surface area contributed by atoms with Crippen molar-refractivity contribution in [1.82, 2.24) is 5.16 Å². The summed E-state index contributed by atoms with van der Waals surface area (Å²) in [6.07, 6.45) is 0. The van der Waals surface area contributed by atoms with Gasteiger partial charge in [-0.05, 0) is 37.5 Å². The molecular weight excluding hydrogens is 252 g/mol. The number of amides is 1. The Morgan fingerprint density at radius 1 is 1.30 bits per heavy atom. The third-order valence-electron chi connectivity index (χ3n) is 3.48. The van der Waals surface area contributed by atoms with Crippen molar-refractivity contribution in [2.24, 2.45) is 0 Å². The number of carbonyl (C=O) groups is 1. The number of benzene rings is 1. The lowest BCUT2D eigenvalue weighted by molar-refractivity contribution is 0.0991. The van der Waals surface area contributed by atoms with Gasteiger partial charge in [-0.3, -0.25) is 4.79 Å². The molecule has 2 aromatic rings. The van der Waals surface area contributed by atoms with Crippen LogP contribution in [0.1, 0.15) is 47.1 Å². The first-order chi connectivity index (χ1) is 9.41. The normalized spacial score (nSPS) is 10.9. The van der Waals surface area contributed by atoms with Crippen LogP contribution in [0.2, 0.25) is 0 Å². The minimum Gasteiger partial charge on any atom is -0.361 e. The van der Waals surface area contributed by atoms with Crippen LogP contribution in [0.15, 0.2) is 28.8 Å². The van der Waals surface area contributed by atoms with Crippen LogP contribution in [0.5, 0.6) is 0 Å². The molecule has 4 heteroatoms. The molecule has 1 aromatic heterocycles. The molecule has 1 heterocycles. The Morgan fingerprint density at radius 2 is 2.00 bits per heavy atom. The molecule has 1 aromatic carbocycles. The minimum absolute atomic E-state index is 0.0952. The number of hydrogen-bond donors (Lipinski definition) is 0. The highest BCUT2D eigenvalue weighted by Crippen LogP contribution is 2.23. The molecule has 20 heavy (non-hydrogen) atoms. The summed E-state index contributed by atoms with van der Waals surface area (Å²) in [5, 5.41) is 3.84. The average Bonchev–Trinajstić information content (AvgIpc) is 2.76. The molecule has 106 valence electrons. The van der Waals surface area contributed by atoms with Crippen LogP contribution < -0.4 is 4.90 Å². The molecule has 0 aliphatic heterocycles. The zero-order valence-corrected chi connectivity index (χ0v) is 12.6. The Hall–Kier alpha value is -2.10. The number of carbonyl (C=O) groups excluding carboxylic acids is 1. The van der Waals surface area contributed by atoms with E-state index in [4.69, 9.17) is 4.52 Å². The zero-order chi connectivity index (χ0) is 14.9. The van der Waals surface area contributed by atoms with Crippen LogP contribution >= 0.6 is 0 Å². The molecule has 4 nitrogen and oxygen atoms in total. The third kappa shape index (κ3) is 2.59. The maximum atomic E-state index is 12.6. The van der Waals surface area contributed by atoms with E-state index in [1.807, 2.05) is 18.2 Å². The van der Waals surface area contributed by atoms with Crippen molar-refractivity contribution >= 4 is 11.6 Å². The average molecular weight is 272 g/mol. The lowest BCUT2D eigenvalue weighted by atomic mass is 10.0. The topological polar surface area (TPSA) is 46.3 Å². The molecule has 0 saturated carbocycles. The van der Waals surface area contributed by atoms with E-state index >= 15 is 0 Å². The van der Waals surface area contributed by atoms with Gasteiger partial charge in [0.25, 0.3) is 5.91 Å². The van der Waals surface area contributed by atoms with E-state index in [2.05, 4.69) is 25.1 Å². The molecule has 0 spiro atoms. The second kappa shape index (κ2) is 5.49. The van der Waals surface area contributed by atoms with Crippen LogP contribution in [-0.2, 0) is 0 Å². The first kappa shape index (κ1) is 14.3. The van der Waals surface area contributed by atoms with Crippen molar-refractivity contribution in [3.8, 4) is 0 Å². The fourth-order valence-electron chi connectivity index (χ4n) is 2.17. The van der Waals surface area contributed by atoms with Crippen LogP contribution in [0.3, 0.4) is 0 Å².